The molecule has 4 rings (SSSR count). The van der Waals surface area contributed by atoms with Crippen LogP contribution in [-0.4, -0.2) is 5.11 Å². The lowest BCUT2D eigenvalue weighted by Gasteiger charge is -2.28. The number of benzene rings is 3. The molecule has 0 spiro atoms. The van der Waals surface area contributed by atoms with E-state index in [1.807, 2.05) is 48.5 Å². The minimum atomic E-state index is -3.28. The summed E-state index contributed by atoms with van der Waals surface area (Å²) in [4.78, 5) is 0. The third-order valence-corrected chi connectivity index (χ3v) is 6.23. The SMILES string of the molecule is O=P1(c2cccc(O)c2)Oc2ccccc2-c2ccccc21. The zero-order valence-corrected chi connectivity index (χ0v) is 12.5. The summed E-state index contributed by atoms with van der Waals surface area (Å²) in [5, 5.41) is 10.9. The van der Waals surface area contributed by atoms with Gasteiger partial charge in [-0.25, -0.2) is 0 Å². The van der Waals surface area contributed by atoms with Crippen molar-refractivity contribution in [1.82, 2.24) is 0 Å². The van der Waals surface area contributed by atoms with Crippen molar-refractivity contribution in [3.05, 3.63) is 72.8 Å². The predicted octanol–water partition coefficient (Wildman–Crippen LogP) is 3.68. The highest BCUT2D eigenvalue weighted by Gasteiger charge is 2.37. The Morgan fingerprint density at radius 1 is 0.818 bits per heavy atom. The Labute approximate surface area is 128 Å². The van der Waals surface area contributed by atoms with Crippen molar-refractivity contribution >= 4 is 18.0 Å². The van der Waals surface area contributed by atoms with Crippen LogP contribution >= 0.6 is 7.37 Å². The predicted molar refractivity (Wildman–Crippen MR) is 87.5 cm³/mol. The Morgan fingerprint density at radius 2 is 1.55 bits per heavy atom. The average molecular weight is 308 g/mol. The lowest BCUT2D eigenvalue weighted by Crippen LogP contribution is -2.25. The summed E-state index contributed by atoms with van der Waals surface area (Å²) in [7, 11) is -3.28. The smallest absolute Gasteiger partial charge is 0.307 e. The fraction of sp³-hybridized carbons (Fsp3) is 0. The molecule has 3 aromatic rings. The van der Waals surface area contributed by atoms with Crippen molar-refractivity contribution in [2.75, 3.05) is 0 Å². The maximum absolute atomic E-state index is 13.6. The molecule has 108 valence electrons. The number of aromatic hydroxyl groups is 1. The Hall–Kier alpha value is -2.51. The van der Waals surface area contributed by atoms with Crippen LogP contribution in [0.2, 0.25) is 0 Å². The second-order valence-electron chi connectivity index (χ2n) is 5.18. The van der Waals surface area contributed by atoms with Crippen LogP contribution < -0.4 is 15.1 Å². The molecule has 0 fully saturated rings. The summed E-state index contributed by atoms with van der Waals surface area (Å²) < 4.78 is 19.6. The van der Waals surface area contributed by atoms with Gasteiger partial charge in [0.1, 0.15) is 11.5 Å². The van der Waals surface area contributed by atoms with Gasteiger partial charge >= 0.3 is 7.37 Å². The molecule has 1 aliphatic rings. The number of rotatable bonds is 1. The van der Waals surface area contributed by atoms with Gasteiger partial charge in [-0.15, -0.1) is 0 Å². The summed E-state index contributed by atoms with van der Waals surface area (Å²) in [6, 6.07) is 21.6. The highest BCUT2D eigenvalue weighted by atomic mass is 31.2. The summed E-state index contributed by atoms with van der Waals surface area (Å²) >= 11 is 0. The first-order valence-electron chi connectivity index (χ1n) is 6.97. The minimum absolute atomic E-state index is 0.0765. The van der Waals surface area contributed by atoms with E-state index >= 15 is 0 Å². The van der Waals surface area contributed by atoms with Crippen LogP contribution in [0.3, 0.4) is 0 Å². The van der Waals surface area contributed by atoms with Crippen LogP contribution in [0, 0.1) is 0 Å². The molecule has 1 aliphatic heterocycles. The van der Waals surface area contributed by atoms with Crippen molar-refractivity contribution in [2.45, 2.75) is 0 Å². The van der Waals surface area contributed by atoms with Crippen molar-refractivity contribution in [3.8, 4) is 22.6 Å². The minimum Gasteiger partial charge on any atom is -0.508 e. The zero-order chi connectivity index (χ0) is 15.2. The van der Waals surface area contributed by atoms with Crippen LogP contribution in [0.5, 0.6) is 11.5 Å². The van der Waals surface area contributed by atoms with E-state index in [4.69, 9.17) is 4.52 Å². The molecule has 3 aromatic carbocycles. The second kappa shape index (κ2) is 4.75. The summed E-state index contributed by atoms with van der Waals surface area (Å²) in [5.74, 6) is 0.681. The van der Waals surface area contributed by atoms with Crippen LogP contribution in [0.15, 0.2) is 72.8 Å². The van der Waals surface area contributed by atoms with Crippen LogP contribution in [0.4, 0.5) is 0 Å². The number of hydrogen-bond donors (Lipinski definition) is 1. The maximum Gasteiger partial charge on any atom is 0.307 e. The molecule has 1 unspecified atom stereocenters. The molecule has 22 heavy (non-hydrogen) atoms. The first kappa shape index (κ1) is 13.2. The first-order valence-corrected chi connectivity index (χ1v) is 8.59. The Balaban J connectivity index is 2.02. The van der Waals surface area contributed by atoms with E-state index in [0.29, 0.717) is 16.4 Å². The van der Waals surface area contributed by atoms with Gasteiger partial charge in [-0.3, -0.25) is 4.57 Å². The molecule has 1 heterocycles. The molecule has 1 N–H and O–H groups in total. The van der Waals surface area contributed by atoms with Gasteiger partial charge in [-0.2, -0.15) is 0 Å². The fourth-order valence-corrected chi connectivity index (χ4v) is 5.08. The number of hydrogen-bond acceptors (Lipinski definition) is 3. The van der Waals surface area contributed by atoms with Crippen LogP contribution in [0.25, 0.3) is 11.1 Å². The Bertz CT molecular complexity index is 917. The van der Waals surface area contributed by atoms with Crippen LogP contribution in [0.1, 0.15) is 0 Å². The molecule has 0 bridgehead atoms. The monoisotopic (exact) mass is 308 g/mol. The number of phenols is 1. The maximum atomic E-state index is 13.6. The van der Waals surface area contributed by atoms with E-state index in [0.717, 1.165) is 11.1 Å². The number of phenolic OH excluding ortho intramolecular Hbond substituents is 1. The van der Waals surface area contributed by atoms with E-state index in [1.54, 1.807) is 18.2 Å². The largest absolute Gasteiger partial charge is 0.508 e. The van der Waals surface area contributed by atoms with Gasteiger partial charge in [-0.1, -0.05) is 42.5 Å². The molecule has 0 amide bonds. The topological polar surface area (TPSA) is 46.5 Å². The summed E-state index contributed by atoms with van der Waals surface area (Å²) in [5.41, 5.74) is 1.85. The molecule has 3 nitrogen and oxygen atoms in total. The molecular weight excluding hydrogens is 295 g/mol. The third kappa shape index (κ3) is 1.87. The van der Waals surface area contributed by atoms with E-state index in [2.05, 4.69) is 0 Å². The van der Waals surface area contributed by atoms with Gasteiger partial charge in [0.05, 0.1) is 10.6 Å². The molecular formula is C18H13O3P. The number of fused-ring (bicyclic) bond motifs is 3. The van der Waals surface area contributed by atoms with E-state index in [9.17, 15) is 9.67 Å². The average Bonchev–Trinajstić information content (AvgIpc) is 2.55. The molecule has 1 atom stereocenters. The van der Waals surface area contributed by atoms with Gasteiger partial charge in [0, 0.05) is 5.56 Å². The number of para-hydroxylation sites is 1. The van der Waals surface area contributed by atoms with Gasteiger partial charge in [-0.05, 0) is 35.9 Å². The third-order valence-electron chi connectivity index (χ3n) is 3.79. The second-order valence-corrected chi connectivity index (χ2v) is 7.46. The van der Waals surface area contributed by atoms with Crippen molar-refractivity contribution in [3.63, 3.8) is 0 Å². The molecule has 0 radical (unpaired) electrons. The lowest BCUT2D eigenvalue weighted by atomic mass is 10.0. The lowest BCUT2D eigenvalue weighted by molar-refractivity contribution is 0.474. The van der Waals surface area contributed by atoms with E-state index in [1.165, 1.54) is 6.07 Å². The van der Waals surface area contributed by atoms with Crippen molar-refractivity contribution < 1.29 is 14.2 Å². The molecule has 0 aliphatic carbocycles. The fourth-order valence-electron chi connectivity index (χ4n) is 2.78. The highest BCUT2D eigenvalue weighted by molar-refractivity contribution is 7.75. The molecule has 0 saturated heterocycles. The van der Waals surface area contributed by atoms with E-state index in [-0.39, 0.29) is 5.75 Å². The van der Waals surface area contributed by atoms with E-state index < -0.39 is 7.37 Å². The van der Waals surface area contributed by atoms with Crippen molar-refractivity contribution in [2.24, 2.45) is 0 Å². The molecule has 0 aromatic heterocycles. The Kier molecular flexibility index (Phi) is 2.85. The standard InChI is InChI=1S/C18H13O3P/c19-13-6-5-7-14(12-13)22(20)18-11-4-2-9-16(18)15-8-1-3-10-17(15)21-22/h1-12,19H. The highest BCUT2D eigenvalue weighted by Crippen LogP contribution is 2.53. The summed E-state index contributed by atoms with van der Waals surface area (Å²) in [6.07, 6.45) is 0. The molecule has 0 saturated carbocycles. The normalized spacial score (nSPS) is 18.9. The quantitative estimate of drug-likeness (QED) is 0.698. The van der Waals surface area contributed by atoms with Gasteiger partial charge in [0.15, 0.2) is 0 Å². The van der Waals surface area contributed by atoms with Crippen molar-refractivity contribution in [1.29, 1.82) is 0 Å². The zero-order valence-electron chi connectivity index (χ0n) is 11.6. The Morgan fingerprint density at radius 3 is 2.36 bits per heavy atom. The van der Waals surface area contributed by atoms with Gasteiger partial charge < -0.3 is 9.63 Å². The first-order chi connectivity index (χ1) is 10.7. The van der Waals surface area contributed by atoms with Gasteiger partial charge in [0.2, 0.25) is 0 Å². The summed E-state index contributed by atoms with van der Waals surface area (Å²) in [6.45, 7) is 0. The van der Waals surface area contributed by atoms with Crippen LogP contribution in [-0.2, 0) is 4.57 Å². The van der Waals surface area contributed by atoms with Gasteiger partial charge in [0.25, 0.3) is 0 Å². The molecule has 4 heteroatoms.